The highest BCUT2D eigenvalue weighted by Gasteiger charge is 2.30. The molecule has 8 heteroatoms. The van der Waals surface area contributed by atoms with Gasteiger partial charge in [-0.15, -0.1) is 0 Å². The van der Waals surface area contributed by atoms with Crippen LogP contribution in [0.3, 0.4) is 0 Å². The number of alkyl carbamates (subject to hydrolysis) is 1. The highest BCUT2D eigenvalue weighted by Crippen LogP contribution is 2.29. The summed E-state index contributed by atoms with van der Waals surface area (Å²) in [5.41, 5.74) is -1.19. The van der Waals surface area contributed by atoms with Crippen LogP contribution in [0.1, 0.15) is 38.3 Å². The van der Waals surface area contributed by atoms with E-state index in [2.05, 4.69) is 22.5 Å². The minimum atomic E-state index is -4.42. The van der Waals surface area contributed by atoms with Gasteiger partial charge in [-0.3, -0.25) is 4.79 Å². The van der Waals surface area contributed by atoms with E-state index in [4.69, 9.17) is 4.74 Å². The molecule has 142 valence electrons. The minimum Gasteiger partial charge on any atom is -0.444 e. The van der Waals surface area contributed by atoms with Crippen molar-refractivity contribution >= 4 is 12.0 Å². The van der Waals surface area contributed by atoms with Crippen LogP contribution < -0.4 is 10.6 Å². The Morgan fingerprint density at radius 1 is 1.15 bits per heavy atom. The molecule has 1 aromatic carbocycles. The molecule has 2 amide bonds. The first-order chi connectivity index (χ1) is 12.0. The van der Waals surface area contributed by atoms with Gasteiger partial charge in [-0.05, 0) is 39.0 Å². The number of benzene rings is 1. The Labute approximate surface area is 150 Å². The maximum absolute atomic E-state index is 12.6. The van der Waals surface area contributed by atoms with Gasteiger partial charge in [0.05, 0.1) is 12.1 Å². The van der Waals surface area contributed by atoms with E-state index in [9.17, 15) is 22.8 Å². The highest BCUT2D eigenvalue weighted by molar-refractivity contribution is 5.77. The standard InChI is InChI=1S/C18H21F3N2O3/c1-17(2,3)26-16(25)23-11-9-15(24)22-10-5-7-13-6-4-8-14(12-13)18(19,20)21/h4,6,8,12H,9-11H2,1-3H3,(H,22,24)(H,23,25). The molecule has 26 heavy (non-hydrogen) atoms. The Hall–Kier alpha value is -2.69. The van der Waals surface area contributed by atoms with E-state index >= 15 is 0 Å². The number of rotatable bonds is 4. The molecule has 0 unspecified atom stereocenters. The number of hydrogen-bond acceptors (Lipinski definition) is 3. The lowest BCUT2D eigenvalue weighted by Gasteiger charge is -2.19. The summed E-state index contributed by atoms with van der Waals surface area (Å²) in [5, 5.41) is 4.94. The molecule has 0 fully saturated rings. The fourth-order valence-electron chi connectivity index (χ4n) is 1.74. The van der Waals surface area contributed by atoms with Crippen LogP contribution in [0.4, 0.5) is 18.0 Å². The molecule has 0 aliphatic rings. The maximum Gasteiger partial charge on any atom is 0.416 e. The van der Waals surface area contributed by atoms with E-state index in [1.807, 2.05) is 0 Å². The summed E-state index contributed by atoms with van der Waals surface area (Å²) in [6.45, 7) is 5.26. The van der Waals surface area contributed by atoms with E-state index in [1.54, 1.807) is 20.8 Å². The van der Waals surface area contributed by atoms with E-state index in [0.29, 0.717) is 0 Å². The van der Waals surface area contributed by atoms with Crippen molar-refractivity contribution in [3.63, 3.8) is 0 Å². The second-order valence-electron chi connectivity index (χ2n) is 6.34. The zero-order valence-corrected chi connectivity index (χ0v) is 14.8. The van der Waals surface area contributed by atoms with E-state index in [-0.39, 0.29) is 31.0 Å². The second-order valence-corrected chi connectivity index (χ2v) is 6.34. The Bertz CT molecular complexity index is 698. The van der Waals surface area contributed by atoms with Gasteiger partial charge >= 0.3 is 12.3 Å². The lowest BCUT2D eigenvalue weighted by molar-refractivity contribution is -0.137. The lowest BCUT2D eigenvalue weighted by Crippen LogP contribution is -2.35. The average molecular weight is 370 g/mol. The maximum atomic E-state index is 12.6. The Morgan fingerprint density at radius 2 is 1.85 bits per heavy atom. The van der Waals surface area contributed by atoms with Crippen molar-refractivity contribution in [2.75, 3.05) is 13.1 Å². The second kappa shape index (κ2) is 9.13. The van der Waals surface area contributed by atoms with Crippen molar-refractivity contribution in [3.05, 3.63) is 35.4 Å². The summed E-state index contributed by atoms with van der Waals surface area (Å²) in [4.78, 5) is 23.0. The number of hydrogen-bond donors (Lipinski definition) is 2. The third kappa shape index (κ3) is 8.97. The van der Waals surface area contributed by atoms with Crippen molar-refractivity contribution in [3.8, 4) is 11.8 Å². The van der Waals surface area contributed by atoms with Crippen LogP contribution in [0.25, 0.3) is 0 Å². The summed E-state index contributed by atoms with van der Waals surface area (Å²) in [5.74, 6) is 4.79. The van der Waals surface area contributed by atoms with E-state index < -0.39 is 23.4 Å². The summed E-state index contributed by atoms with van der Waals surface area (Å²) >= 11 is 0. The van der Waals surface area contributed by atoms with Crippen LogP contribution in [0, 0.1) is 11.8 Å². The predicted molar refractivity (Wildman–Crippen MR) is 90.2 cm³/mol. The van der Waals surface area contributed by atoms with Crippen LogP contribution >= 0.6 is 0 Å². The zero-order valence-electron chi connectivity index (χ0n) is 14.8. The van der Waals surface area contributed by atoms with Crippen molar-refractivity contribution in [2.24, 2.45) is 0 Å². The van der Waals surface area contributed by atoms with Crippen LogP contribution in [0.5, 0.6) is 0 Å². The third-order valence-corrected chi connectivity index (χ3v) is 2.82. The van der Waals surface area contributed by atoms with E-state index in [1.165, 1.54) is 12.1 Å². The zero-order chi connectivity index (χ0) is 19.8. The Balaban J connectivity index is 2.35. The molecule has 0 aliphatic heterocycles. The first-order valence-electron chi connectivity index (χ1n) is 7.87. The highest BCUT2D eigenvalue weighted by atomic mass is 19.4. The number of carbonyl (C=O) groups is 2. The number of ether oxygens (including phenoxy) is 1. The van der Waals surface area contributed by atoms with Crippen LogP contribution in [0.15, 0.2) is 24.3 Å². The first kappa shape index (κ1) is 21.4. The normalized spacial score (nSPS) is 11.2. The van der Waals surface area contributed by atoms with Gasteiger partial charge in [0.2, 0.25) is 5.91 Å². The summed E-state index contributed by atoms with van der Waals surface area (Å²) in [6.07, 6.45) is -5.01. The minimum absolute atomic E-state index is 0.0124. The number of nitrogens with one attached hydrogen (secondary N) is 2. The summed E-state index contributed by atoms with van der Waals surface area (Å²) in [7, 11) is 0. The molecule has 0 aromatic heterocycles. The molecule has 2 N–H and O–H groups in total. The van der Waals surface area contributed by atoms with Crippen molar-refractivity contribution < 1.29 is 27.5 Å². The number of carbonyl (C=O) groups excluding carboxylic acids is 2. The first-order valence-corrected chi connectivity index (χ1v) is 7.87. The van der Waals surface area contributed by atoms with Crippen molar-refractivity contribution in [2.45, 2.75) is 39.0 Å². The molecule has 5 nitrogen and oxygen atoms in total. The van der Waals surface area contributed by atoms with Crippen LogP contribution in [-0.2, 0) is 15.7 Å². The van der Waals surface area contributed by atoms with Crippen LogP contribution in [-0.4, -0.2) is 30.7 Å². The number of amides is 2. The number of halogens is 3. The molecular formula is C18H21F3N2O3. The molecule has 1 aromatic rings. The fraction of sp³-hybridized carbons (Fsp3) is 0.444. The molecule has 0 radical (unpaired) electrons. The average Bonchev–Trinajstić information content (AvgIpc) is 2.49. The largest absolute Gasteiger partial charge is 0.444 e. The Kier molecular flexibility index (Phi) is 7.50. The SMILES string of the molecule is CC(C)(C)OC(=O)NCCC(=O)NCC#Cc1cccc(C(F)(F)F)c1. The molecular weight excluding hydrogens is 349 g/mol. The molecule has 0 saturated carbocycles. The number of alkyl halides is 3. The molecule has 0 aliphatic carbocycles. The molecule has 0 atom stereocenters. The topological polar surface area (TPSA) is 67.4 Å². The predicted octanol–water partition coefficient (Wildman–Crippen LogP) is 3.09. The fourth-order valence-corrected chi connectivity index (χ4v) is 1.74. The van der Waals surface area contributed by atoms with Crippen molar-refractivity contribution in [1.29, 1.82) is 0 Å². The van der Waals surface area contributed by atoms with Gasteiger partial charge in [-0.2, -0.15) is 13.2 Å². The van der Waals surface area contributed by atoms with Gasteiger partial charge in [0, 0.05) is 18.5 Å². The smallest absolute Gasteiger partial charge is 0.416 e. The van der Waals surface area contributed by atoms with Gasteiger partial charge in [-0.1, -0.05) is 17.9 Å². The van der Waals surface area contributed by atoms with E-state index in [0.717, 1.165) is 12.1 Å². The van der Waals surface area contributed by atoms with Crippen molar-refractivity contribution in [1.82, 2.24) is 10.6 Å². The molecule has 0 saturated heterocycles. The Morgan fingerprint density at radius 3 is 2.46 bits per heavy atom. The molecule has 1 rings (SSSR count). The van der Waals surface area contributed by atoms with Gasteiger partial charge in [0.1, 0.15) is 5.60 Å². The lowest BCUT2D eigenvalue weighted by atomic mass is 10.1. The third-order valence-electron chi connectivity index (χ3n) is 2.82. The summed E-state index contributed by atoms with van der Waals surface area (Å²) in [6, 6.07) is 4.63. The quantitative estimate of drug-likeness (QED) is 0.801. The van der Waals surface area contributed by atoms with Gasteiger partial charge in [0.15, 0.2) is 0 Å². The van der Waals surface area contributed by atoms with Gasteiger partial charge in [0.25, 0.3) is 0 Å². The molecule has 0 spiro atoms. The van der Waals surface area contributed by atoms with Crippen LogP contribution in [0.2, 0.25) is 0 Å². The monoisotopic (exact) mass is 370 g/mol. The van der Waals surface area contributed by atoms with Gasteiger partial charge in [-0.25, -0.2) is 4.79 Å². The summed E-state index contributed by atoms with van der Waals surface area (Å²) < 4.78 is 42.8. The molecule has 0 heterocycles. The van der Waals surface area contributed by atoms with Gasteiger partial charge < -0.3 is 15.4 Å². The molecule has 0 bridgehead atoms.